The summed E-state index contributed by atoms with van der Waals surface area (Å²) in [6.45, 7) is 4.69. The molecule has 33 heavy (non-hydrogen) atoms. The lowest BCUT2D eigenvalue weighted by Gasteiger charge is -2.35. The van der Waals surface area contributed by atoms with E-state index in [1.165, 1.54) is 5.56 Å². The first kappa shape index (κ1) is 22.4. The fraction of sp³-hybridized carbons (Fsp3) is 0.250. The van der Waals surface area contributed by atoms with Crippen molar-refractivity contribution in [2.24, 2.45) is 4.99 Å². The van der Waals surface area contributed by atoms with E-state index in [0.29, 0.717) is 0 Å². The summed E-state index contributed by atoms with van der Waals surface area (Å²) in [5, 5.41) is 0. The number of hydrogen-bond acceptors (Lipinski definition) is 4. The van der Waals surface area contributed by atoms with Crippen molar-refractivity contribution in [2.45, 2.75) is 6.54 Å². The Hall–Kier alpha value is -3.75. The van der Waals surface area contributed by atoms with Crippen LogP contribution >= 0.6 is 0 Å². The second-order valence-corrected chi connectivity index (χ2v) is 7.86. The molecule has 0 saturated carbocycles. The molecule has 168 valence electrons. The quantitative estimate of drug-likeness (QED) is 0.331. The lowest BCUT2D eigenvalue weighted by molar-refractivity contribution is 0.176. The standard InChI is InChI=1S/C28H29N3O2/c1-32-26-13-8-23(9-14-26)10-17-28(29-25-11-15-27(33-2)16-12-25)31-20-18-30(19-21-31)22-24-6-4-3-5-7-24/h3-9,11-16H,18-22H2,1-2H3/b29-28+. The molecule has 1 aliphatic heterocycles. The van der Waals surface area contributed by atoms with Crippen molar-refractivity contribution in [1.29, 1.82) is 0 Å². The Morgan fingerprint density at radius 2 is 1.39 bits per heavy atom. The number of nitrogens with zero attached hydrogens (tertiary/aromatic N) is 3. The number of methoxy groups -OCH3 is 2. The summed E-state index contributed by atoms with van der Waals surface area (Å²) >= 11 is 0. The van der Waals surface area contributed by atoms with E-state index < -0.39 is 0 Å². The smallest absolute Gasteiger partial charge is 0.182 e. The Morgan fingerprint density at radius 1 is 0.788 bits per heavy atom. The lowest BCUT2D eigenvalue weighted by Crippen LogP contribution is -2.48. The predicted molar refractivity (Wildman–Crippen MR) is 133 cm³/mol. The van der Waals surface area contributed by atoms with Crippen LogP contribution in [0.15, 0.2) is 83.9 Å². The molecule has 3 aromatic carbocycles. The fourth-order valence-corrected chi connectivity index (χ4v) is 3.72. The zero-order valence-corrected chi connectivity index (χ0v) is 19.2. The van der Waals surface area contributed by atoms with E-state index in [4.69, 9.17) is 14.5 Å². The van der Waals surface area contributed by atoms with Crippen LogP contribution in [0.2, 0.25) is 0 Å². The van der Waals surface area contributed by atoms with Crippen molar-refractivity contribution in [3.8, 4) is 23.3 Å². The minimum atomic E-state index is 0.787. The number of aliphatic imine (C=N–C) groups is 1. The molecule has 0 unspecified atom stereocenters. The molecule has 1 aliphatic rings. The normalized spacial score (nSPS) is 14.4. The zero-order valence-electron chi connectivity index (χ0n) is 19.2. The van der Waals surface area contributed by atoms with Crippen molar-refractivity contribution in [3.63, 3.8) is 0 Å². The second kappa shape index (κ2) is 11.2. The first-order valence-electron chi connectivity index (χ1n) is 11.1. The molecule has 5 nitrogen and oxygen atoms in total. The molecule has 1 saturated heterocycles. The minimum Gasteiger partial charge on any atom is -0.497 e. The van der Waals surface area contributed by atoms with Crippen molar-refractivity contribution >= 4 is 11.5 Å². The molecule has 0 amide bonds. The van der Waals surface area contributed by atoms with Crippen molar-refractivity contribution in [1.82, 2.24) is 9.80 Å². The molecule has 0 radical (unpaired) electrons. The maximum absolute atomic E-state index is 5.27. The molecule has 0 aliphatic carbocycles. The van der Waals surface area contributed by atoms with E-state index in [-0.39, 0.29) is 0 Å². The average Bonchev–Trinajstić information content (AvgIpc) is 2.88. The zero-order chi connectivity index (χ0) is 22.9. The van der Waals surface area contributed by atoms with Crippen LogP contribution in [0.3, 0.4) is 0 Å². The number of amidine groups is 1. The van der Waals surface area contributed by atoms with Gasteiger partial charge in [-0.3, -0.25) is 4.90 Å². The number of rotatable bonds is 5. The average molecular weight is 440 g/mol. The summed E-state index contributed by atoms with van der Waals surface area (Å²) in [5.41, 5.74) is 3.14. The van der Waals surface area contributed by atoms with Crippen LogP contribution < -0.4 is 9.47 Å². The number of ether oxygens (including phenoxy) is 2. The molecular formula is C28H29N3O2. The van der Waals surface area contributed by atoms with Gasteiger partial charge < -0.3 is 14.4 Å². The Labute approximate surface area is 196 Å². The van der Waals surface area contributed by atoms with Crippen LogP contribution in [0.25, 0.3) is 0 Å². The topological polar surface area (TPSA) is 37.3 Å². The van der Waals surface area contributed by atoms with Gasteiger partial charge in [-0.2, -0.15) is 0 Å². The van der Waals surface area contributed by atoms with Crippen LogP contribution in [0.5, 0.6) is 11.5 Å². The van der Waals surface area contributed by atoms with E-state index in [0.717, 1.165) is 61.3 Å². The Morgan fingerprint density at radius 3 is 2.00 bits per heavy atom. The maximum atomic E-state index is 5.27. The van der Waals surface area contributed by atoms with Crippen LogP contribution in [-0.4, -0.2) is 56.0 Å². The molecule has 1 fully saturated rings. The number of hydrogen-bond donors (Lipinski definition) is 0. The van der Waals surface area contributed by atoms with Gasteiger partial charge in [0.1, 0.15) is 11.5 Å². The summed E-state index contributed by atoms with van der Waals surface area (Å²) in [5.74, 6) is 9.01. The van der Waals surface area contributed by atoms with Crippen LogP contribution in [-0.2, 0) is 6.54 Å². The van der Waals surface area contributed by atoms with Gasteiger partial charge in [0, 0.05) is 38.3 Å². The Kier molecular flexibility index (Phi) is 7.63. The highest BCUT2D eigenvalue weighted by Gasteiger charge is 2.19. The second-order valence-electron chi connectivity index (χ2n) is 7.86. The van der Waals surface area contributed by atoms with Gasteiger partial charge in [-0.05, 0) is 60.0 Å². The summed E-state index contributed by atoms with van der Waals surface area (Å²) in [4.78, 5) is 9.65. The highest BCUT2D eigenvalue weighted by molar-refractivity contribution is 6.00. The number of piperazine rings is 1. The van der Waals surface area contributed by atoms with E-state index in [1.807, 2.05) is 48.5 Å². The molecule has 3 aromatic rings. The molecule has 1 heterocycles. The molecule has 0 aromatic heterocycles. The van der Waals surface area contributed by atoms with Crippen molar-refractivity contribution in [3.05, 3.63) is 90.0 Å². The SMILES string of the molecule is COc1ccc(C#C/C(=N\c2ccc(OC)cc2)N2CCN(Cc3ccccc3)CC2)cc1. The monoisotopic (exact) mass is 439 g/mol. The van der Waals surface area contributed by atoms with Gasteiger partial charge in [0.2, 0.25) is 0 Å². The first-order valence-corrected chi connectivity index (χ1v) is 11.1. The van der Waals surface area contributed by atoms with E-state index in [9.17, 15) is 0 Å². The number of benzene rings is 3. The molecule has 4 rings (SSSR count). The largest absolute Gasteiger partial charge is 0.497 e. The van der Waals surface area contributed by atoms with Crippen LogP contribution in [0, 0.1) is 11.8 Å². The van der Waals surface area contributed by atoms with Gasteiger partial charge in [0.05, 0.1) is 19.9 Å². The lowest BCUT2D eigenvalue weighted by atomic mass is 10.2. The molecule has 0 bridgehead atoms. The summed E-state index contributed by atoms with van der Waals surface area (Å²) in [7, 11) is 3.33. The van der Waals surface area contributed by atoms with E-state index in [1.54, 1.807) is 14.2 Å². The summed E-state index contributed by atoms with van der Waals surface area (Å²) in [6.07, 6.45) is 0. The van der Waals surface area contributed by atoms with Crippen LogP contribution in [0.1, 0.15) is 11.1 Å². The molecule has 5 heteroatoms. The first-order chi connectivity index (χ1) is 16.2. The van der Waals surface area contributed by atoms with Crippen molar-refractivity contribution in [2.75, 3.05) is 40.4 Å². The minimum absolute atomic E-state index is 0.787. The van der Waals surface area contributed by atoms with Gasteiger partial charge in [-0.1, -0.05) is 36.3 Å². The summed E-state index contributed by atoms with van der Waals surface area (Å²) < 4.78 is 10.5. The highest BCUT2D eigenvalue weighted by atomic mass is 16.5. The predicted octanol–water partition coefficient (Wildman–Crippen LogP) is 4.60. The van der Waals surface area contributed by atoms with Crippen molar-refractivity contribution < 1.29 is 9.47 Å². The summed E-state index contributed by atoms with van der Waals surface area (Å²) in [6, 6.07) is 26.2. The van der Waals surface area contributed by atoms with Gasteiger partial charge in [0.25, 0.3) is 0 Å². The molecule has 0 atom stereocenters. The van der Waals surface area contributed by atoms with Gasteiger partial charge >= 0.3 is 0 Å². The van der Waals surface area contributed by atoms with Gasteiger partial charge in [-0.25, -0.2) is 4.99 Å². The van der Waals surface area contributed by atoms with Crippen LogP contribution in [0.4, 0.5) is 5.69 Å². The molecule has 0 N–H and O–H groups in total. The third-order valence-corrected chi connectivity index (χ3v) is 5.64. The fourth-order valence-electron chi connectivity index (χ4n) is 3.72. The van der Waals surface area contributed by atoms with Gasteiger partial charge in [-0.15, -0.1) is 0 Å². The van der Waals surface area contributed by atoms with Gasteiger partial charge in [0.15, 0.2) is 5.84 Å². The van der Waals surface area contributed by atoms with E-state index >= 15 is 0 Å². The molecule has 0 spiro atoms. The highest BCUT2D eigenvalue weighted by Crippen LogP contribution is 2.19. The molecular weight excluding hydrogens is 410 g/mol. The van der Waals surface area contributed by atoms with E-state index in [2.05, 4.69) is 52.0 Å². The third kappa shape index (κ3) is 6.38. The Bertz CT molecular complexity index is 1110. The third-order valence-electron chi connectivity index (χ3n) is 5.64. The maximum Gasteiger partial charge on any atom is 0.182 e. The Balaban J connectivity index is 1.51.